The molecule has 0 saturated heterocycles. The highest BCUT2D eigenvalue weighted by Gasteiger charge is 1.94. The molecular weight excluding hydrogens is 166 g/mol. The molecular formula is C8H13N5. The van der Waals surface area contributed by atoms with Crippen molar-refractivity contribution in [2.75, 3.05) is 7.05 Å². The lowest BCUT2D eigenvalue weighted by molar-refractivity contribution is 0.818. The molecule has 1 rings (SSSR count). The van der Waals surface area contributed by atoms with Crippen LogP contribution < -0.4 is 16.6 Å². The average molecular weight is 179 g/mol. The Morgan fingerprint density at radius 3 is 3.00 bits per heavy atom. The quantitative estimate of drug-likeness (QED) is 0.250. The van der Waals surface area contributed by atoms with Crippen LogP contribution in [-0.2, 0) is 6.54 Å². The summed E-state index contributed by atoms with van der Waals surface area (Å²) in [4.78, 5) is 8.00. The van der Waals surface area contributed by atoms with Gasteiger partial charge in [-0.05, 0) is 12.1 Å². The lowest BCUT2D eigenvalue weighted by atomic mass is 10.3. The Morgan fingerprint density at radius 1 is 1.62 bits per heavy atom. The minimum Gasteiger partial charge on any atom is -0.350 e. The summed E-state index contributed by atoms with van der Waals surface area (Å²) in [6.07, 6.45) is 1.75. The fourth-order valence-electron chi connectivity index (χ4n) is 0.872. The van der Waals surface area contributed by atoms with E-state index in [0.717, 1.165) is 5.69 Å². The van der Waals surface area contributed by atoms with E-state index in [0.29, 0.717) is 12.5 Å². The van der Waals surface area contributed by atoms with Crippen LogP contribution in [0.15, 0.2) is 29.4 Å². The van der Waals surface area contributed by atoms with Crippen LogP contribution in [0.2, 0.25) is 0 Å². The third-order valence-electron chi connectivity index (χ3n) is 1.52. The maximum atomic E-state index is 5.18. The molecule has 0 atom stereocenters. The lowest BCUT2D eigenvalue weighted by Gasteiger charge is -2.06. The van der Waals surface area contributed by atoms with E-state index in [-0.39, 0.29) is 0 Å². The highest BCUT2D eigenvalue weighted by molar-refractivity contribution is 5.78. The van der Waals surface area contributed by atoms with Crippen LogP contribution in [0.4, 0.5) is 0 Å². The monoisotopic (exact) mass is 179 g/mol. The fraction of sp³-hybridized carbons (Fsp3) is 0.250. The smallest absolute Gasteiger partial charge is 0.205 e. The number of nitrogens with one attached hydrogen (secondary N) is 2. The van der Waals surface area contributed by atoms with Crippen LogP contribution in [0.3, 0.4) is 0 Å². The van der Waals surface area contributed by atoms with Crippen LogP contribution in [0.5, 0.6) is 0 Å². The predicted octanol–water partition coefficient (Wildman–Crippen LogP) is -0.380. The molecule has 0 aliphatic heterocycles. The zero-order chi connectivity index (χ0) is 9.52. The van der Waals surface area contributed by atoms with E-state index in [2.05, 4.69) is 20.7 Å². The van der Waals surface area contributed by atoms with Crippen LogP contribution in [0.25, 0.3) is 0 Å². The molecule has 70 valence electrons. The summed E-state index contributed by atoms with van der Waals surface area (Å²) >= 11 is 0. The molecule has 5 nitrogen and oxygen atoms in total. The van der Waals surface area contributed by atoms with Crippen molar-refractivity contribution in [3.05, 3.63) is 30.1 Å². The van der Waals surface area contributed by atoms with Gasteiger partial charge in [-0.25, -0.2) is 5.84 Å². The minimum absolute atomic E-state index is 0.547. The Labute approximate surface area is 77.1 Å². The Bertz CT molecular complexity index is 269. The number of aliphatic imine (C=N–C) groups is 1. The van der Waals surface area contributed by atoms with E-state index in [1.54, 1.807) is 13.2 Å². The predicted molar refractivity (Wildman–Crippen MR) is 51.8 cm³/mol. The summed E-state index contributed by atoms with van der Waals surface area (Å²) in [7, 11) is 1.65. The first kappa shape index (κ1) is 9.47. The van der Waals surface area contributed by atoms with Crippen molar-refractivity contribution >= 4 is 5.96 Å². The number of nitrogens with zero attached hydrogens (tertiary/aromatic N) is 2. The molecule has 13 heavy (non-hydrogen) atoms. The molecule has 0 saturated carbocycles. The Morgan fingerprint density at radius 2 is 2.46 bits per heavy atom. The van der Waals surface area contributed by atoms with E-state index in [4.69, 9.17) is 5.84 Å². The van der Waals surface area contributed by atoms with Gasteiger partial charge in [0.2, 0.25) is 5.96 Å². The number of guanidine groups is 1. The zero-order valence-corrected chi connectivity index (χ0v) is 7.49. The third-order valence-corrected chi connectivity index (χ3v) is 1.52. The molecule has 0 fully saturated rings. The maximum absolute atomic E-state index is 5.18. The standard InChI is InChI=1S/C8H13N5/c1-10-8(13-9)12-6-7-4-2-3-5-11-7/h2-5H,6,9H2,1H3,(H2,10,12,13). The molecule has 5 heteroatoms. The molecule has 0 aliphatic carbocycles. The van der Waals surface area contributed by atoms with Gasteiger partial charge in [0.25, 0.3) is 0 Å². The first-order valence-corrected chi connectivity index (χ1v) is 3.94. The van der Waals surface area contributed by atoms with Crippen LogP contribution in [0.1, 0.15) is 5.69 Å². The van der Waals surface area contributed by atoms with Crippen LogP contribution in [-0.4, -0.2) is 18.0 Å². The molecule has 0 aromatic carbocycles. The summed E-state index contributed by atoms with van der Waals surface area (Å²) in [6.45, 7) is 0.609. The second kappa shape index (κ2) is 5.10. The second-order valence-electron chi connectivity index (χ2n) is 2.39. The van der Waals surface area contributed by atoms with Gasteiger partial charge in [-0.3, -0.25) is 15.4 Å². The Balaban J connectivity index is 2.43. The number of pyridine rings is 1. The third kappa shape index (κ3) is 3.08. The first-order valence-electron chi connectivity index (χ1n) is 3.94. The van der Waals surface area contributed by atoms with E-state index < -0.39 is 0 Å². The van der Waals surface area contributed by atoms with Gasteiger partial charge in [-0.1, -0.05) is 6.07 Å². The van der Waals surface area contributed by atoms with Crippen molar-refractivity contribution in [1.29, 1.82) is 0 Å². The number of hydrogen-bond donors (Lipinski definition) is 3. The molecule has 0 unspecified atom stereocenters. The van der Waals surface area contributed by atoms with Crippen LogP contribution >= 0.6 is 0 Å². The number of hydrogen-bond acceptors (Lipinski definition) is 3. The van der Waals surface area contributed by atoms with Gasteiger partial charge in [0.05, 0.1) is 12.2 Å². The molecule has 4 N–H and O–H groups in total. The number of hydrazine groups is 1. The maximum Gasteiger partial charge on any atom is 0.205 e. The molecule has 0 bridgehead atoms. The summed E-state index contributed by atoms with van der Waals surface area (Å²) in [5.41, 5.74) is 3.38. The van der Waals surface area contributed by atoms with Crippen molar-refractivity contribution < 1.29 is 0 Å². The van der Waals surface area contributed by atoms with Gasteiger partial charge in [-0.15, -0.1) is 0 Å². The summed E-state index contributed by atoms with van der Waals surface area (Å²) < 4.78 is 0. The number of rotatable bonds is 2. The SMILES string of the molecule is CN=C(NN)NCc1ccccn1. The molecule has 0 radical (unpaired) electrons. The average Bonchev–Trinajstić information content (AvgIpc) is 2.21. The van der Waals surface area contributed by atoms with Gasteiger partial charge >= 0.3 is 0 Å². The largest absolute Gasteiger partial charge is 0.350 e. The Hall–Kier alpha value is -1.62. The number of aromatic nitrogens is 1. The van der Waals surface area contributed by atoms with Crippen molar-refractivity contribution in [2.24, 2.45) is 10.8 Å². The molecule has 1 aromatic heterocycles. The lowest BCUT2D eigenvalue weighted by Crippen LogP contribution is -2.41. The summed E-state index contributed by atoms with van der Waals surface area (Å²) in [5, 5.41) is 2.99. The second-order valence-corrected chi connectivity index (χ2v) is 2.39. The summed E-state index contributed by atoms with van der Waals surface area (Å²) in [6, 6.07) is 5.74. The first-order chi connectivity index (χ1) is 6.36. The van der Waals surface area contributed by atoms with Crippen molar-refractivity contribution in [3.63, 3.8) is 0 Å². The van der Waals surface area contributed by atoms with Gasteiger partial charge < -0.3 is 5.32 Å². The minimum atomic E-state index is 0.547. The molecule has 1 aromatic rings. The molecule has 1 heterocycles. The van der Waals surface area contributed by atoms with Gasteiger partial charge in [0.1, 0.15) is 0 Å². The van der Waals surface area contributed by atoms with Gasteiger partial charge in [-0.2, -0.15) is 0 Å². The highest BCUT2D eigenvalue weighted by atomic mass is 15.3. The zero-order valence-electron chi connectivity index (χ0n) is 7.49. The van der Waals surface area contributed by atoms with Gasteiger partial charge in [0, 0.05) is 13.2 Å². The van der Waals surface area contributed by atoms with Gasteiger partial charge in [0.15, 0.2) is 0 Å². The molecule has 0 amide bonds. The fourth-order valence-corrected chi connectivity index (χ4v) is 0.872. The molecule has 0 aliphatic rings. The van der Waals surface area contributed by atoms with E-state index in [1.165, 1.54) is 0 Å². The van der Waals surface area contributed by atoms with Crippen molar-refractivity contribution in [3.8, 4) is 0 Å². The van der Waals surface area contributed by atoms with Crippen LogP contribution in [0, 0.1) is 0 Å². The molecule has 0 spiro atoms. The van der Waals surface area contributed by atoms with E-state index in [9.17, 15) is 0 Å². The van der Waals surface area contributed by atoms with E-state index >= 15 is 0 Å². The van der Waals surface area contributed by atoms with Crippen molar-refractivity contribution in [1.82, 2.24) is 15.7 Å². The summed E-state index contributed by atoms with van der Waals surface area (Å²) in [5.74, 6) is 5.73. The number of nitrogens with two attached hydrogens (primary N) is 1. The van der Waals surface area contributed by atoms with Crippen molar-refractivity contribution in [2.45, 2.75) is 6.54 Å². The topological polar surface area (TPSA) is 75.3 Å². The van der Waals surface area contributed by atoms with E-state index in [1.807, 2.05) is 18.2 Å². The Kier molecular flexibility index (Phi) is 3.72. The highest BCUT2D eigenvalue weighted by Crippen LogP contribution is 1.91. The normalized spacial score (nSPS) is 11.1.